The minimum Gasteiger partial charge on any atom is -0.508 e. The van der Waals surface area contributed by atoms with Crippen molar-refractivity contribution in [1.82, 2.24) is 77.3 Å². The summed E-state index contributed by atoms with van der Waals surface area (Å²) in [7, 11) is 8.41. The number of unbranched alkanes of at least 4 members (excludes halogenated alkanes) is 1. The van der Waals surface area contributed by atoms with Crippen LogP contribution in [-0.2, 0) is 110 Å². The molecule has 706 valence electrons. The first-order valence-electron chi connectivity index (χ1n) is 43.9. The predicted octanol–water partition coefficient (Wildman–Crippen LogP) is 2.39. The molecule has 2 fully saturated rings. The lowest BCUT2D eigenvalue weighted by molar-refractivity contribution is -0.152. The molecule has 16 N–H and O–H groups in total. The average molecular weight is 1850 g/mol. The molecular formula is C95H121N16O19PS. The molecule has 3 heterocycles. The zero-order valence-corrected chi connectivity index (χ0v) is 77.3. The van der Waals surface area contributed by atoms with Crippen molar-refractivity contribution in [2.24, 2.45) is 17.6 Å². The number of nitrogens with zero attached hydrogens (tertiary/aromatic N) is 5. The highest BCUT2D eigenvalue weighted by Crippen LogP contribution is 2.28. The van der Waals surface area contributed by atoms with Gasteiger partial charge in [-0.1, -0.05) is 190 Å². The molecule has 13 atom stereocenters. The Morgan fingerprint density at radius 2 is 0.985 bits per heavy atom. The number of H-pyrrole nitrogens is 1. The van der Waals surface area contributed by atoms with Gasteiger partial charge in [-0.25, -0.2) is 0 Å². The fourth-order valence-electron chi connectivity index (χ4n) is 15.9. The first-order chi connectivity index (χ1) is 62.9. The second-order valence-corrected chi connectivity index (χ2v) is 35.9. The maximum atomic E-state index is 15.7. The zero-order valence-electron chi connectivity index (χ0n) is 75.5. The molecule has 0 radical (unpaired) electrons. The molecule has 9 rings (SSSR count). The van der Waals surface area contributed by atoms with E-state index in [1.165, 1.54) is 86.5 Å². The third kappa shape index (κ3) is 29.7. The Labute approximate surface area is 773 Å². The molecule has 1 aromatic heterocycles. The average Bonchev–Trinajstić information content (AvgIpc) is 1.21. The SMILES string of the molecule is CCCC[C@H]1C(=O)N2C[C@@H](O)C[C@@H]2C(=O)N[C@@H](CC(O)=P)C(=O)N[C@@H](C(C)C)C(=O)N(C)[C@@H](Cc2ccccc2)C(=O)N[C@@H](Cc2ccc(O)cc2)C(=O)N(C)CC(=O)N[C@@H](Cc2c[nH]c3ccccc23)C(=O)N[C@@H](Cc2ccc(O)cc2)C(=O)N[C@@H](CC(C)C)C(=O)N[C@H](C(=O)NCC(N)=O)CSCC(=O)N[C@@H](Cc2ccccc2)C(=O)N(C)[C@@H](Cc2ccccc2)C(=O)N1C. The van der Waals surface area contributed by atoms with E-state index < -0.39 is 210 Å². The van der Waals surface area contributed by atoms with E-state index in [1.807, 2.05) is 6.92 Å². The number of carbonyl (C=O) groups is 15. The van der Waals surface area contributed by atoms with Gasteiger partial charge in [0.2, 0.25) is 88.6 Å². The van der Waals surface area contributed by atoms with Crippen molar-refractivity contribution in [1.29, 1.82) is 0 Å². The van der Waals surface area contributed by atoms with Gasteiger partial charge in [0.25, 0.3) is 0 Å². The largest absolute Gasteiger partial charge is 0.508 e. The molecule has 7 aromatic rings. The van der Waals surface area contributed by atoms with Crippen LogP contribution in [0.4, 0.5) is 0 Å². The molecule has 0 spiro atoms. The van der Waals surface area contributed by atoms with Crippen LogP contribution in [0.5, 0.6) is 11.5 Å². The van der Waals surface area contributed by atoms with Gasteiger partial charge in [-0.2, -0.15) is 0 Å². The molecule has 0 saturated carbocycles. The van der Waals surface area contributed by atoms with Crippen molar-refractivity contribution in [3.63, 3.8) is 0 Å². The number of nitrogens with two attached hydrogens (primary N) is 1. The van der Waals surface area contributed by atoms with Crippen molar-refractivity contribution in [3.05, 3.63) is 203 Å². The van der Waals surface area contributed by atoms with E-state index in [2.05, 4.69) is 61.7 Å². The van der Waals surface area contributed by atoms with Gasteiger partial charge in [-0.3, -0.25) is 71.9 Å². The zero-order chi connectivity index (χ0) is 96.2. The predicted molar refractivity (Wildman–Crippen MR) is 498 cm³/mol. The Balaban J connectivity index is 1.13. The van der Waals surface area contributed by atoms with E-state index in [9.17, 15) is 39.6 Å². The number of rotatable bonds is 23. The number of phenols is 2. The third-order valence-electron chi connectivity index (χ3n) is 23.2. The second kappa shape index (κ2) is 49.3. The molecule has 0 aliphatic carbocycles. The minimum atomic E-state index is -1.72. The number of primary amides is 1. The number of aromatic hydroxyl groups is 2. The lowest BCUT2D eigenvalue weighted by Crippen LogP contribution is -2.61. The van der Waals surface area contributed by atoms with Gasteiger partial charge in [0.1, 0.15) is 84.0 Å². The molecule has 2 aliphatic rings. The number of amides is 15. The normalized spacial score (nSPS) is 23.2. The van der Waals surface area contributed by atoms with E-state index in [0.29, 0.717) is 57.1 Å². The van der Waals surface area contributed by atoms with E-state index >= 15 is 52.7 Å². The summed E-state index contributed by atoms with van der Waals surface area (Å²) in [5.41, 5.74) is 8.62. The Morgan fingerprint density at radius 3 is 1.55 bits per heavy atom. The highest BCUT2D eigenvalue weighted by molar-refractivity contribution is 8.00. The van der Waals surface area contributed by atoms with Crippen LogP contribution in [-0.4, -0.2) is 282 Å². The number of carbonyl (C=O) groups excluding carboxylic acids is 15. The summed E-state index contributed by atoms with van der Waals surface area (Å²) < 4.78 is 0. The summed E-state index contributed by atoms with van der Waals surface area (Å²) in [4.78, 5) is 234. The van der Waals surface area contributed by atoms with Crippen LogP contribution in [0.25, 0.3) is 10.9 Å². The van der Waals surface area contributed by atoms with E-state index in [0.717, 1.165) is 26.5 Å². The van der Waals surface area contributed by atoms with Gasteiger partial charge >= 0.3 is 0 Å². The van der Waals surface area contributed by atoms with Crippen molar-refractivity contribution in [3.8, 4) is 11.5 Å². The standard InChI is InChI=1S/C95H121N16O19PS/c1-10-11-31-75-94(129)111-51-65(114)47-77(111)90(125)103-71(48-82(118)131)88(123)106-83(56(4)5)95(130)109(8)76(44-58-25-17-13-18-26-58)89(124)104-72(43-61-34-38-64(113)39-35-61)91(126)107(6)52-80(116)99-70(46-62-49-97-67-30-22-21-29-66(62)67)87(122)102-69(41-60-32-36-63(112)37-33-60)86(121)101-68(40-55(2)3)85(120)105-74(84(119)98-50-79(96)115)53-132-54-81(117)100-73(42-57-23-15-12-16-24-57)92(127)110(9)78(93(128)108(75)7)45-59-27-19-14-20-28-59/h12-30,32-39,49,55-56,65,68-78,83,97,112-114,118,131H,10-11,31,40-48,50-54H2,1-9H3,(H2,96,115)(H,98,119)(H,99,116)(H,100,117)(H,101,121)(H,102,122)(H,103,125)(H,104,124)(H,105,120)(H,106,123)/t65-,68-,69-,70-,71-,72-,73-,74-,75-,76-,77+,78-,83-/m0/s1. The third-order valence-corrected chi connectivity index (χ3v) is 24.4. The van der Waals surface area contributed by atoms with Gasteiger partial charge in [0, 0.05) is 109 Å². The summed E-state index contributed by atoms with van der Waals surface area (Å²) in [6.07, 6.45) is -1.22. The Morgan fingerprint density at radius 1 is 0.508 bits per heavy atom. The Hall–Kier alpha value is -13.1. The number of likely N-dealkylation sites (N-methyl/N-ethyl adjacent to an activating group) is 4. The van der Waals surface area contributed by atoms with Crippen molar-refractivity contribution in [2.45, 2.75) is 190 Å². The van der Waals surface area contributed by atoms with Crippen molar-refractivity contribution in [2.75, 3.05) is 59.3 Å². The molecule has 2 saturated heterocycles. The van der Waals surface area contributed by atoms with Crippen molar-refractivity contribution < 1.29 is 92.3 Å². The number of hydrogen-bond donors (Lipinski definition) is 15. The van der Waals surface area contributed by atoms with Crippen LogP contribution in [0.2, 0.25) is 0 Å². The summed E-state index contributed by atoms with van der Waals surface area (Å²) in [6, 6.07) is 26.1. The molecule has 37 heteroatoms. The first kappa shape index (κ1) is 103. The van der Waals surface area contributed by atoms with Crippen molar-refractivity contribution >= 4 is 126 Å². The van der Waals surface area contributed by atoms with Gasteiger partial charge in [-0.15, -0.1) is 11.8 Å². The number of benzene rings is 6. The molecule has 0 unspecified atom stereocenters. The quantitative estimate of drug-likeness (QED) is 0.0409. The number of thioether (sulfide) groups is 1. The lowest BCUT2D eigenvalue weighted by Gasteiger charge is -2.38. The number of nitrogens with one attached hydrogen (secondary N) is 10. The molecule has 0 bridgehead atoms. The minimum absolute atomic E-state index is 0.00426. The number of para-hydroxylation sites is 1. The number of aromatic amines is 1. The molecule has 2 aliphatic heterocycles. The van der Waals surface area contributed by atoms with Gasteiger partial charge in [-0.05, 0) is 88.4 Å². The van der Waals surface area contributed by atoms with Gasteiger partial charge in [0.15, 0.2) is 0 Å². The van der Waals surface area contributed by atoms with Crippen LogP contribution in [0.15, 0.2) is 170 Å². The summed E-state index contributed by atoms with van der Waals surface area (Å²) in [5, 5.41) is 68.2. The molecule has 15 amide bonds. The monoisotopic (exact) mass is 1850 g/mol. The molecule has 6 aromatic carbocycles. The Bertz CT molecular complexity index is 5210. The number of aliphatic hydroxyl groups is 2. The molecular weight excluding hydrogens is 1730 g/mol. The highest BCUT2D eigenvalue weighted by atomic mass is 32.2. The number of phenolic OH excluding ortho intramolecular Hbond substituents is 2. The topological polar surface area (TPSA) is 503 Å². The summed E-state index contributed by atoms with van der Waals surface area (Å²) in [6.45, 7) is 6.65. The van der Waals surface area contributed by atoms with Crippen LogP contribution in [0, 0.1) is 11.8 Å². The fourth-order valence-corrected chi connectivity index (χ4v) is 17.0. The van der Waals surface area contributed by atoms with E-state index in [4.69, 9.17) is 5.73 Å². The summed E-state index contributed by atoms with van der Waals surface area (Å²) in [5.74, 6) is -15.6. The second-order valence-electron chi connectivity index (χ2n) is 34.3. The first-order valence-corrected chi connectivity index (χ1v) is 45.6. The highest BCUT2D eigenvalue weighted by Gasteiger charge is 2.47. The van der Waals surface area contributed by atoms with E-state index in [-0.39, 0.29) is 81.0 Å². The van der Waals surface area contributed by atoms with E-state index in [1.54, 1.807) is 149 Å². The number of aromatic nitrogens is 1. The lowest BCUT2D eigenvalue weighted by atomic mass is 9.98. The van der Waals surface area contributed by atoms with Crippen LogP contribution in [0.3, 0.4) is 0 Å². The van der Waals surface area contributed by atoms with Crippen LogP contribution in [0.1, 0.15) is 107 Å². The smallest absolute Gasteiger partial charge is 0.246 e. The number of fused-ring (bicyclic) bond motifs is 2. The van der Waals surface area contributed by atoms with Gasteiger partial charge < -0.3 is 103 Å². The Kier molecular flexibility index (Phi) is 38.3. The maximum Gasteiger partial charge on any atom is 0.246 e. The van der Waals surface area contributed by atoms with Crippen LogP contribution < -0.4 is 53.6 Å². The van der Waals surface area contributed by atoms with Gasteiger partial charge in [0.05, 0.1) is 30.4 Å². The van der Waals surface area contributed by atoms with Crippen LogP contribution >= 0.6 is 20.6 Å². The molecule has 35 nitrogen and oxygen atoms in total. The number of hydrogen-bond acceptors (Lipinski definition) is 19. The number of aliphatic hydroxyl groups excluding tert-OH is 2. The molecule has 132 heavy (non-hydrogen) atoms. The summed E-state index contributed by atoms with van der Waals surface area (Å²) >= 11 is 0.830. The maximum absolute atomic E-state index is 15.7. The fraction of sp³-hybridized carbons (Fsp3) is 0.432.